The van der Waals surface area contributed by atoms with Gasteiger partial charge in [0, 0.05) is 31.9 Å². The molecule has 0 bridgehead atoms. The zero-order chi connectivity index (χ0) is 17.2. The summed E-state index contributed by atoms with van der Waals surface area (Å²) < 4.78 is 4.99. The summed E-state index contributed by atoms with van der Waals surface area (Å²) in [5.74, 6) is -0.367. The molecule has 0 atom stereocenters. The maximum Gasteiger partial charge on any atom is 0.417 e. The number of benzene rings is 2. The van der Waals surface area contributed by atoms with Crippen molar-refractivity contribution in [1.29, 1.82) is 0 Å². The van der Waals surface area contributed by atoms with E-state index in [1.165, 1.54) is 5.69 Å². The third-order valence-corrected chi connectivity index (χ3v) is 4.59. The van der Waals surface area contributed by atoms with Gasteiger partial charge in [-0.2, -0.15) is 0 Å². The summed E-state index contributed by atoms with van der Waals surface area (Å²) in [6, 6.07) is 15.6. The first-order chi connectivity index (χ1) is 12.2. The number of amides is 1. The molecule has 128 valence electrons. The zero-order valence-electron chi connectivity index (χ0n) is 13.8. The highest BCUT2D eigenvalue weighted by molar-refractivity contribution is 5.81. The van der Waals surface area contributed by atoms with Crippen molar-refractivity contribution in [2.75, 3.05) is 31.1 Å². The number of fused-ring (bicyclic) bond motifs is 1. The number of hydrogen-bond acceptors (Lipinski definition) is 4. The third kappa shape index (κ3) is 3.28. The standard InChI is InChI=1S/C19H19N3O3/c23-18(13-14-6-7-17-16(12-14)20-19(24)25-17)22-10-8-21(9-11-22)15-4-2-1-3-5-15/h1-7,12H,8-11,13H2,(H,20,24). The fraction of sp³-hybridized carbons (Fsp3) is 0.263. The number of piperazine rings is 1. The second-order valence-corrected chi connectivity index (χ2v) is 6.23. The molecule has 2 heterocycles. The van der Waals surface area contributed by atoms with Crippen LogP contribution < -0.4 is 10.7 Å². The largest absolute Gasteiger partial charge is 0.417 e. The summed E-state index contributed by atoms with van der Waals surface area (Å²) in [5.41, 5.74) is 3.21. The molecular formula is C19H19N3O3. The maximum absolute atomic E-state index is 12.6. The summed E-state index contributed by atoms with van der Waals surface area (Å²) in [6.45, 7) is 3.12. The Morgan fingerprint density at radius 3 is 2.56 bits per heavy atom. The molecule has 6 nitrogen and oxygen atoms in total. The number of carbonyl (C=O) groups excluding carboxylic acids is 1. The molecule has 1 amide bonds. The lowest BCUT2D eigenvalue weighted by atomic mass is 10.1. The topological polar surface area (TPSA) is 69.5 Å². The van der Waals surface area contributed by atoms with Gasteiger partial charge in [-0.1, -0.05) is 24.3 Å². The summed E-state index contributed by atoms with van der Waals surface area (Å²) >= 11 is 0. The Balaban J connectivity index is 1.39. The Labute approximate surface area is 144 Å². The van der Waals surface area contributed by atoms with Crippen molar-refractivity contribution in [1.82, 2.24) is 9.88 Å². The van der Waals surface area contributed by atoms with E-state index >= 15 is 0 Å². The number of aromatic nitrogens is 1. The molecule has 3 aromatic rings. The highest BCUT2D eigenvalue weighted by atomic mass is 16.4. The SMILES string of the molecule is O=C(Cc1ccc2oc(=O)[nH]c2c1)N1CCN(c2ccccc2)CC1. The van der Waals surface area contributed by atoms with Crippen LogP contribution >= 0.6 is 0 Å². The predicted octanol–water partition coefficient (Wildman–Crippen LogP) is 2.01. The predicted molar refractivity (Wildman–Crippen MR) is 95.8 cm³/mol. The fourth-order valence-electron chi connectivity index (χ4n) is 3.25. The number of nitrogens with one attached hydrogen (secondary N) is 1. The van der Waals surface area contributed by atoms with Gasteiger partial charge in [-0.25, -0.2) is 4.79 Å². The molecular weight excluding hydrogens is 318 g/mol. The Kier molecular flexibility index (Phi) is 4.01. The molecule has 0 radical (unpaired) electrons. The zero-order valence-corrected chi connectivity index (χ0v) is 13.8. The summed E-state index contributed by atoms with van der Waals surface area (Å²) in [5, 5.41) is 0. The number of oxazole rings is 1. The Bertz CT molecular complexity index is 937. The van der Waals surface area contributed by atoms with Crippen molar-refractivity contribution in [3.63, 3.8) is 0 Å². The van der Waals surface area contributed by atoms with Crippen LogP contribution in [0, 0.1) is 0 Å². The van der Waals surface area contributed by atoms with Crippen LogP contribution in [0.5, 0.6) is 0 Å². The van der Waals surface area contributed by atoms with Crippen molar-refractivity contribution >= 4 is 22.7 Å². The van der Waals surface area contributed by atoms with Crippen LogP contribution in [-0.2, 0) is 11.2 Å². The van der Waals surface area contributed by atoms with Gasteiger partial charge in [0.15, 0.2) is 5.58 Å². The van der Waals surface area contributed by atoms with E-state index in [1.807, 2.05) is 29.2 Å². The minimum absolute atomic E-state index is 0.109. The second-order valence-electron chi connectivity index (χ2n) is 6.23. The van der Waals surface area contributed by atoms with Gasteiger partial charge in [0.05, 0.1) is 11.9 Å². The normalized spacial score (nSPS) is 14.9. The van der Waals surface area contributed by atoms with Gasteiger partial charge in [-0.15, -0.1) is 0 Å². The van der Waals surface area contributed by atoms with Crippen molar-refractivity contribution in [3.8, 4) is 0 Å². The highest BCUT2D eigenvalue weighted by Crippen LogP contribution is 2.17. The van der Waals surface area contributed by atoms with Crippen LogP contribution in [0.2, 0.25) is 0 Å². The molecule has 1 aromatic heterocycles. The molecule has 0 unspecified atom stereocenters. The lowest BCUT2D eigenvalue weighted by molar-refractivity contribution is -0.130. The van der Waals surface area contributed by atoms with Gasteiger partial charge in [0.2, 0.25) is 5.91 Å². The van der Waals surface area contributed by atoms with Gasteiger partial charge in [0.25, 0.3) is 0 Å². The average Bonchev–Trinajstić information content (AvgIpc) is 3.02. The number of rotatable bonds is 3. The monoisotopic (exact) mass is 337 g/mol. The molecule has 1 fully saturated rings. The first kappa shape index (κ1) is 15.5. The van der Waals surface area contributed by atoms with E-state index in [1.54, 1.807) is 12.1 Å². The molecule has 2 aromatic carbocycles. The maximum atomic E-state index is 12.6. The van der Waals surface area contributed by atoms with Crippen LogP contribution in [0.15, 0.2) is 57.7 Å². The number of aromatic amines is 1. The van der Waals surface area contributed by atoms with E-state index in [-0.39, 0.29) is 5.91 Å². The first-order valence-corrected chi connectivity index (χ1v) is 8.38. The van der Waals surface area contributed by atoms with Gasteiger partial charge < -0.3 is 14.2 Å². The minimum atomic E-state index is -0.476. The van der Waals surface area contributed by atoms with Crippen LogP contribution in [0.1, 0.15) is 5.56 Å². The van der Waals surface area contributed by atoms with Crippen molar-refractivity contribution in [2.24, 2.45) is 0 Å². The molecule has 25 heavy (non-hydrogen) atoms. The molecule has 0 aliphatic carbocycles. The van der Waals surface area contributed by atoms with Crippen LogP contribution in [0.25, 0.3) is 11.1 Å². The van der Waals surface area contributed by atoms with E-state index < -0.39 is 5.76 Å². The molecule has 4 rings (SSSR count). The quantitative estimate of drug-likeness (QED) is 0.794. The van der Waals surface area contributed by atoms with Gasteiger partial charge in [0.1, 0.15) is 0 Å². The number of para-hydroxylation sites is 1. The number of hydrogen-bond donors (Lipinski definition) is 1. The molecule has 1 N–H and O–H groups in total. The van der Waals surface area contributed by atoms with Crippen LogP contribution in [0.3, 0.4) is 0 Å². The number of H-pyrrole nitrogens is 1. The molecule has 0 spiro atoms. The van der Waals surface area contributed by atoms with E-state index in [0.29, 0.717) is 17.5 Å². The highest BCUT2D eigenvalue weighted by Gasteiger charge is 2.21. The molecule has 0 saturated carbocycles. The molecule has 1 saturated heterocycles. The van der Waals surface area contributed by atoms with Crippen molar-refractivity contribution in [3.05, 3.63) is 64.6 Å². The summed E-state index contributed by atoms with van der Waals surface area (Å²) in [6.07, 6.45) is 0.328. The molecule has 1 aliphatic heterocycles. The lowest BCUT2D eigenvalue weighted by Crippen LogP contribution is -2.49. The van der Waals surface area contributed by atoms with E-state index in [2.05, 4.69) is 22.0 Å². The fourth-order valence-corrected chi connectivity index (χ4v) is 3.25. The summed E-state index contributed by atoms with van der Waals surface area (Å²) in [7, 11) is 0. The second kappa shape index (κ2) is 6.47. The Morgan fingerprint density at radius 1 is 1.04 bits per heavy atom. The van der Waals surface area contributed by atoms with Crippen LogP contribution in [-0.4, -0.2) is 42.0 Å². The number of carbonyl (C=O) groups is 1. The third-order valence-electron chi connectivity index (χ3n) is 4.59. The Hall–Kier alpha value is -3.02. The number of nitrogens with zero attached hydrogens (tertiary/aromatic N) is 2. The van der Waals surface area contributed by atoms with Gasteiger partial charge >= 0.3 is 5.76 Å². The van der Waals surface area contributed by atoms with Gasteiger partial charge in [-0.3, -0.25) is 9.78 Å². The van der Waals surface area contributed by atoms with Crippen molar-refractivity contribution < 1.29 is 9.21 Å². The van der Waals surface area contributed by atoms with Gasteiger partial charge in [-0.05, 0) is 29.8 Å². The number of anilines is 1. The van der Waals surface area contributed by atoms with E-state index in [0.717, 1.165) is 31.7 Å². The molecule has 1 aliphatic rings. The lowest BCUT2D eigenvalue weighted by Gasteiger charge is -2.36. The van der Waals surface area contributed by atoms with E-state index in [9.17, 15) is 9.59 Å². The average molecular weight is 337 g/mol. The molecule has 6 heteroatoms. The van der Waals surface area contributed by atoms with E-state index in [4.69, 9.17) is 4.42 Å². The smallest absolute Gasteiger partial charge is 0.408 e. The van der Waals surface area contributed by atoms with Crippen LogP contribution in [0.4, 0.5) is 5.69 Å². The first-order valence-electron chi connectivity index (χ1n) is 8.38. The minimum Gasteiger partial charge on any atom is -0.408 e. The Morgan fingerprint density at radius 2 is 1.80 bits per heavy atom. The summed E-state index contributed by atoms with van der Waals surface area (Å²) in [4.78, 5) is 30.6. The van der Waals surface area contributed by atoms with Crippen molar-refractivity contribution in [2.45, 2.75) is 6.42 Å².